The van der Waals surface area contributed by atoms with Gasteiger partial charge >= 0.3 is 0 Å². The number of nitrogens with zero attached hydrogens (tertiary/aromatic N) is 2. The second kappa shape index (κ2) is 8.96. The number of hydrogen-bond acceptors (Lipinski definition) is 6. The van der Waals surface area contributed by atoms with E-state index in [4.69, 9.17) is 11.6 Å². The Morgan fingerprint density at radius 3 is 2.56 bits per heavy atom. The van der Waals surface area contributed by atoms with E-state index in [1.807, 2.05) is 0 Å². The molecule has 3 N–H and O–H groups in total. The van der Waals surface area contributed by atoms with Crippen molar-refractivity contribution in [3.8, 4) is 11.5 Å². The van der Waals surface area contributed by atoms with Crippen molar-refractivity contribution in [2.24, 2.45) is 0 Å². The van der Waals surface area contributed by atoms with E-state index in [0.29, 0.717) is 25.1 Å². The van der Waals surface area contributed by atoms with Crippen molar-refractivity contribution in [3.63, 3.8) is 0 Å². The predicted octanol–water partition coefficient (Wildman–Crippen LogP) is 1.90. The molecule has 3 rings (SSSR count). The van der Waals surface area contributed by atoms with E-state index in [9.17, 15) is 18.6 Å². The summed E-state index contributed by atoms with van der Waals surface area (Å²) in [4.78, 5) is 2.38. The standard InChI is InChI=1S/C18H28ClN3O4S/c19-15-12-14(17(23)13-18(15)24)16-4-3-9-22(16)27(25,26)11-6-20-5-10-21-7-1-2-8-21/h12-13,16,20,23-24H,1-11H2. The van der Waals surface area contributed by atoms with Crippen molar-refractivity contribution in [1.82, 2.24) is 14.5 Å². The molecule has 2 heterocycles. The SMILES string of the molecule is O=S(=O)(CCNCCN1CCCC1)N1CCCC1c1cc(Cl)c(O)cc1O. The lowest BCUT2D eigenvalue weighted by molar-refractivity contribution is 0.337. The molecule has 27 heavy (non-hydrogen) atoms. The fourth-order valence-electron chi connectivity index (χ4n) is 3.90. The summed E-state index contributed by atoms with van der Waals surface area (Å²) in [6, 6.07) is 2.18. The highest BCUT2D eigenvalue weighted by Crippen LogP contribution is 2.42. The molecule has 152 valence electrons. The van der Waals surface area contributed by atoms with Gasteiger partial charge in [-0.25, -0.2) is 8.42 Å². The third kappa shape index (κ3) is 5.06. The molecule has 0 aliphatic carbocycles. The molecule has 0 amide bonds. The number of aromatic hydroxyl groups is 2. The Hall–Kier alpha value is -1.06. The van der Waals surface area contributed by atoms with Crippen molar-refractivity contribution >= 4 is 21.6 Å². The highest BCUT2D eigenvalue weighted by molar-refractivity contribution is 7.89. The van der Waals surface area contributed by atoms with Gasteiger partial charge in [-0.05, 0) is 44.8 Å². The van der Waals surface area contributed by atoms with Crippen molar-refractivity contribution in [3.05, 3.63) is 22.7 Å². The summed E-state index contributed by atoms with van der Waals surface area (Å²) in [6.07, 6.45) is 3.85. The molecule has 9 heteroatoms. The lowest BCUT2D eigenvalue weighted by atomic mass is 10.0. The Morgan fingerprint density at radius 1 is 1.07 bits per heavy atom. The fourth-order valence-corrected chi connectivity index (χ4v) is 5.73. The molecule has 1 aromatic carbocycles. The van der Waals surface area contributed by atoms with Gasteiger partial charge in [0.15, 0.2) is 0 Å². The monoisotopic (exact) mass is 417 g/mol. The van der Waals surface area contributed by atoms with E-state index >= 15 is 0 Å². The van der Waals surface area contributed by atoms with E-state index in [2.05, 4.69) is 10.2 Å². The zero-order valence-electron chi connectivity index (χ0n) is 15.4. The number of hydrogen-bond donors (Lipinski definition) is 3. The van der Waals surface area contributed by atoms with Crippen LogP contribution < -0.4 is 5.32 Å². The zero-order chi connectivity index (χ0) is 19.4. The maximum Gasteiger partial charge on any atom is 0.215 e. The van der Waals surface area contributed by atoms with Gasteiger partial charge in [0, 0.05) is 37.8 Å². The number of benzene rings is 1. The van der Waals surface area contributed by atoms with Crippen LogP contribution in [-0.2, 0) is 10.0 Å². The van der Waals surface area contributed by atoms with Crippen LogP contribution in [0.25, 0.3) is 0 Å². The Kier molecular flexibility index (Phi) is 6.86. The average Bonchev–Trinajstić information content (AvgIpc) is 3.29. The van der Waals surface area contributed by atoms with Crippen LogP contribution in [0.1, 0.15) is 37.3 Å². The fraction of sp³-hybridized carbons (Fsp3) is 0.667. The molecule has 1 atom stereocenters. The predicted molar refractivity (Wildman–Crippen MR) is 106 cm³/mol. The summed E-state index contributed by atoms with van der Waals surface area (Å²) < 4.78 is 27.1. The second-order valence-electron chi connectivity index (χ2n) is 7.25. The second-order valence-corrected chi connectivity index (χ2v) is 9.69. The van der Waals surface area contributed by atoms with Crippen molar-refractivity contribution in [2.75, 3.05) is 45.0 Å². The van der Waals surface area contributed by atoms with Crippen LogP contribution in [0.3, 0.4) is 0 Å². The number of likely N-dealkylation sites (tertiary alicyclic amines) is 1. The van der Waals surface area contributed by atoms with Crippen molar-refractivity contribution < 1.29 is 18.6 Å². The molecule has 1 aromatic rings. The highest BCUT2D eigenvalue weighted by Gasteiger charge is 2.36. The van der Waals surface area contributed by atoms with Crippen LogP contribution in [-0.4, -0.2) is 72.9 Å². The first-order chi connectivity index (χ1) is 12.9. The first-order valence-electron chi connectivity index (χ1n) is 9.52. The van der Waals surface area contributed by atoms with Crippen LogP contribution >= 0.6 is 11.6 Å². The zero-order valence-corrected chi connectivity index (χ0v) is 17.0. The maximum absolute atomic E-state index is 12.8. The first-order valence-corrected chi connectivity index (χ1v) is 11.5. The van der Waals surface area contributed by atoms with Gasteiger partial charge in [-0.1, -0.05) is 11.6 Å². The van der Waals surface area contributed by atoms with Gasteiger partial charge in [0.2, 0.25) is 10.0 Å². The summed E-state index contributed by atoms with van der Waals surface area (Å²) in [5.74, 6) is -0.323. The van der Waals surface area contributed by atoms with Gasteiger partial charge in [0.25, 0.3) is 0 Å². The van der Waals surface area contributed by atoms with E-state index in [1.54, 1.807) is 0 Å². The molecule has 0 radical (unpaired) electrons. The minimum absolute atomic E-state index is 0.0239. The maximum atomic E-state index is 12.8. The molecule has 0 aromatic heterocycles. The summed E-state index contributed by atoms with van der Waals surface area (Å²) in [5, 5.41) is 23.1. The van der Waals surface area contributed by atoms with Crippen LogP contribution in [0, 0.1) is 0 Å². The average molecular weight is 418 g/mol. The molecule has 0 bridgehead atoms. The normalized spacial score (nSPS) is 21.9. The molecule has 7 nitrogen and oxygen atoms in total. The third-order valence-corrected chi connectivity index (χ3v) is 7.53. The van der Waals surface area contributed by atoms with Gasteiger partial charge in [-0.15, -0.1) is 0 Å². The number of phenols is 2. The molecule has 2 fully saturated rings. The molecule has 0 spiro atoms. The Balaban J connectivity index is 1.57. The molecular weight excluding hydrogens is 390 g/mol. The number of sulfonamides is 1. The molecule has 2 aliphatic heterocycles. The Morgan fingerprint density at radius 2 is 1.81 bits per heavy atom. The van der Waals surface area contributed by atoms with E-state index in [1.165, 1.54) is 29.3 Å². The third-order valence-electron chi connectivity index (χ3n) is 5.36. The van der Waals surface area contributed by atoms with Gasteiger partial charge in [0.05, 0.1) is 16.8 Å². The number of phenolic OH excluding ortho intramolecular Hbond substituents is 2. The summed E-state index contributed by atoms with van der Waals surface area (Å²) in [6.45, 7) is 4.84. The van der Waals surface area contributed by atoms with Crippen LogP contribution in [0.2, 0.25) is 5.02 Å². The van der Waals surface area contributed by atoms with Crippen LogP contribution in [0.4, 0.5) is 0 Å². The van der Waals surface area contributed by atoms with E-state index in [-0.39, 0.29) is 22.3 Å². The van der Waals surface area contributed by atoms with Crippen LogP contribution in [0.15, 0.2) is 12.1 Å². The Bertz CT molecular complexity index is 753. The number of nitrogens with one attached hydrogen (secondary N) is 1. The molecule has 2 aliphatic rings. The van der Waals surface area contributed by atoms with Gasteiger partial charge in [-0.3, -0.25) is 0 Å². The van der Waals surface area contributed by atoms with Gasteiger partial charge < -0.3 is 20.4 Å². The summed E-state index contributed by atoms with van der Waals surface area (Å²) in [7, 11) is -3.46. The van der Waals surface area contributed by atoms with Crippen molar-refractivity contribution in [1.29, 1.82) is 0 Å². The van der Waals surface area contributed by atoms with E-state index < -0.39 is 16.1 Å². The minimum Gasteiger partial charge on any atom is -0.507 e. The smallest absolute Gasteiger partial charge is 0.215 e. The highest BCUT2D eigenvalue weighted by atomic mass is 35.5. The molecule has 2 saturated heterocycles. The van der Waals surface area contributed by atoms with Gasteiger partial charge in [-0.2, -0.15) is 4.31 Å². The number of halogens is 1. The number of rotatable bonds is 8. The van der Waals surface area contributed by atoms with Gasteiger partial charge in [0.1, 0.15) is 11.5 Å². The Labute approximate surface area is 166 Å². The first kappa shape index (κ1) is 20.7. The lowest BCUT2D eigenvalue weighted by Crippen LogP contribution is -2.37. The van der Waals surface area contributed by atoms with Crippen molar-refractivity contribution in [2.45, 2.75) is 31.7 Å². The van der Waals surface area contributed by atoms with Crippen LogP contribution in [0.5, 0.6) is 11.5 Å². The summed E-state index contributed by atoms with van der Waals surface area (Å²) >= 11 is 5.96. The minimum atomic E-state index is -3.46. The largest absolute Gasteiger partial charge is 0.507 e. The lowest BCUT2D eigenvalue weighted by Gasteiger charge is -2.25. The molecule has 1 unspecified atom stereocenters. The molecule has 0 saturated carbocycles. The summed E-state index contributed by atoms with van der Waals surface area (Å²) in [5.41, 5.74) is 0.445. The topological polar surface area (TPSA) is 93.1 Å². The quantitative estimate of drug-likeness (QED) is 0.559. The molecular formula is C18H28ClN3O4S. The van der Waals surface area contributed by atoms with E-state index in [0.717, 1.165) is 32.6 Å².